The van der Waals surface area contributed by atoms with E-state index in [0.29, 0.717) is 5.75 Å². The predicted molar refractivity (Wildman–Crippen MR) is 92.5 cm³/mol. The van der Waals surface area contributed by atoms with E-state index in [1.807, 2.05) is 32.0 Å². The van der Waals surface area contributed by atoms with Gasteiger partial charge in [-0.2, -0.15) is 0 Å². The van der Waals surface area contributed by atoms with Crippen LogP contribution in [0.4, 0.5) is 11.4 Å². The van der Waals surface area contributed by atoms with Crippen LogP contribution in [0.5, 0.6) is 5.75 Å². The van der Waals surface area contributed by atoms with Crippen molar-refractivity contribution < 1.29 is 14.5 Å². The zero-order valence-corrected chi connectivity index (χ0v) is 14.1. The Morgan fingerprint density at radius 1 is 1.12 bits per heavy atom. The average Bonchev–Trinajstić information content (AvgIpc) is 2.52. The Labute approximate surface area is 140 Å². The molecule has 0 aliphatic carbocycles. The summed E-state index contributed by atoms with van der Waals surface area (Å²) in [5.74, 6) is 0.180. The van der Waals surface area contributed by atoms with E-state index in [2.05, 4.69) is 5.32 Å². The van der Waals surface area contributed by atoms with Gasteiger partial charge < -0.3 is 10.1 Å². The zero-order chi connectivity index (χ0) is 17.9. The third kappa shape index (κ3) is 4.10. The van der Waals surface area contributed by atoms with E-state index in [0.717, 1.165) is 16.7 Å². The van der Waals surface area contributed by atoms with Crippen LogP contribution in [0, 0.1) is 30.9 Å². The lowest BCUT2D eigenvalue weighted by Gasteiger charge is -2.17. The van der Waals surface area contributed by atoms with Crippen molar-refractivity contribution in [3.63, 3.8) is 0 Å². The first-order valence-corrected chi connectivity index (χ1v) is 7.57. The van der Waals surface area contributed by atoms with Crippen LogP contribution < -0.4 is 10.1 Å². The molecule has 24 heavy (non-hydrogen) atoms. The van der Waals surface area contributed by atoms with Crippen molar-refractivity contribution in [2.75, 3.05) is 5.32 Å². The molecule has 0 aliphatic rings. The summed E-state index contributed by atoms with van der Waals surface area (Å²) in [5.41, 5.74) is 2.72. The molecule has 0 saturated carbocycles. The number of nitro benzene ring substituents is 1. The molecule has 6 heteroatoms. The number of carbonyl (C=O) groups excluding carboxylic acids is 1. The molecule has 0 bridgehead atoms. The van der Waals surface area contributed by atoms with Crippen LogP contribution in [-0.2, 0) is 4.79 Å². The fraction of sp³-hybridized carbons (Fsp3) is 0.278. The van der Waals surface area contributed by atoms with Gasteiger partial charge in [-0.3, -0.25) is 14.9 Å². The number of amides is 1. The normalized spacial score (nSPS) is 11.7. The molecule has 1 atom stereocenters. The molecule has 0 saturated heterocycles. The molecule has 0 aromatic heterocycles. The number of rotatable bonds is 5. The molecule has 2 rings (SSSR count). The largest absolute Gasteiger partial charge is 0.481 e. The number of aryl methyl sites for hydroxylation is 3. The Morgan fingerprint density at radius 2 is 1.75 bits per heavy atom. The number of nitrogens with one attached hydrogen (secondary N) is 1. The number of ether oxygens (including phenoxy) is 1. The number of anilines is 1. The van der Waals surface area contributed by atoms with Crippen molar-refractivity contribution in [3.8, 4) is 5.75 Å². The summed E-state index contributed by atoms with van der Waals surface area (Å²) < 4.78 is 5.70. The lowest BCUT2D eigenvalue weighted by Crippen LogP contribution is -2.30. The van der Waals surface area contributed by atoms with Crippen LogP contribution in [-0.4, -0.2) is 16.9 Å². The summed E-state index contributed by atoms with van der Waals surface area (Å²) in [6, 6.07) is 10.4. The van der Waals surface area contributed by atoms with E-state index in [1.54, 1.807) is 19.9 Å². The maximum Gasteiger partial charge on any atom is 0.293 e. The number of nitrogens with zero attached hydrogens (tertiary/aromatic N) is 1. The van der Waals surface area contributed by atoms with Crippen molar-refractivity contribution in [1.29, 1.82) is 0 Å². The Kier molecular flexibility index (Phi) is 5.18. The lowest BCUT2D eigenvalue weighted by molar-refractivity contribution is -0.384. The molecule has 0 fully saturated rings. The van der Waals surface area contributed by atoms with Gasteiger partial charge in [-0.25, -0.2) is 0 Å². The van der Waals surface area contributed by atoms with Crippen molar-refractivity contribution in [2.24, 2.45) is 0 Å². The summed E-state index contributed by atoms with van der Waals surface area (Å²) in [4.78, 5) is 22.9. The molecule has 0 spiro atoms. The third-order valence-corrected chi connectivity index (χ3v) is 3.62. The van der Waals surface area contributed by atoms with Gasteiger partial charge >= 0.3 is 0 Å². The molecule has 1 N–H and O–H groups in total. The Bertz CT molecular complexity index is 787. The van der Waals surface area contributed by atoms with E-state index in [-0.39, 0.29) is 11.4 Å². The second-order valence-electron chi connectivity index (χ2n) is 5.80. The third-order valence-electron chi connectivity index (χ3n) is 3.62. The van der Waals surface area contributed by atoms with Gasteiger partial charge in [-0.15, -0.1) is 0 Å². The molecule has 126 valence electrons. The van der Waals surface area contributed by atoms with Crippen LogP contribution in [0.15, 0.2) is 36.4 Å². The van der Waals surface area contributed by atoms with E-state index >= 15 is 0 Å². The van der Waals surface area contributed by atoms with E-state index in [1.165, 1.54) is 12.1 Å². The Morgan fingerprint density at radius 3 is 2.42 bits per heavy atom. The standard InChI is InChI=1S/C18H20N2O4/c1-11-6-8-15(16(9-11)20(22)23)19-18(21)14(4)24-17-10-12(2)5-7-13(17)3/h5-10,14H,1-4H3,(H,19,21). The van der Waals surface area contributed by atoms with Gasteiger partial charge in [0.25, 0.3) is 11.6 Å². The summed E-state index contributed by atoms with van der Waals surface area (Å²) in [7, 11) is 0. The molecule has 2 aromatic rings. The molecule has 2 aromatic carbocycles. The van der Waals surface area contributed by atoms with E-state index < -0.39 is 16.9 Å². The molecule has 1 amide bonds. The van der Waals surface area contributed by atoms with Crippen molar-refractivity contribution in [2.45, 2.75) is 33.8 Å². The monoisotopic (exact) mass is 328 g/mol. The van der Waals surface area contributed by atoms with E-state index in [9.17, 15) is 14.9 Å². The van der Waals surface area contributed by atoms with Gasteiger partial charge in [0.1, 0.15) is 11.4 Å². The van der Waals surface area contributed by atoms with Crippen molar-refractivity contribution in [3.05, 3.63) is 63.2 Å². The molecular weight excluding hydrogens is 308 g/mol. The van der Waals surface area contributed by atoms with Crippen molar-refractivity contribution >= 4 is 17.3 Å². The van der Waals surface area contributed by atoms with E-state index in [4.69, 9.17) is 4.74 Å². The van der Waals surface area contributed by atoms with Crippen LogP contribution in [0.3, 0.4) is 0 Å². The average molecular weight is 328 g/mol. The first kappa shape index (κ1) is 17.5. The highest BCUT2D eigenvalue weighted by molar-refractivity contribution is 5.96. The highest BCUT2D eigenvalue weighted by Gasteiger charge is 2.21. The predicted octanol–water partition coefficient (Wildman–Crippen LogP) is 3.93. The first-order chi connectivity index (χ1) is 11.3. The lowest BCUT2D eigenvalue weighted by atomic mass is 10.1. The van der Waals surface area contributed by atoms with Crippen LogP contribution >= 0.6 is 0 Å². The van der Waals surface area contributed by atoms with Crippen molar-refractivity contribution in [1.82, 2.24) is 0 Å². The SMILES string of the molecule is Cc1ccc(C)c(OC(C)C(=O)Nc2ccc(C)cc2[N+](=O)[O-])c1. The number of benzene rings is 2. The summed E-state index contributed by atoms with van der Waals surface area (Å²) >= 11 is 0. The van der Waals surface area contributed by atoms with Gasteiger partial charge in [-0.1, -0.05) is 18.2 Å². The first-order valence-electron chi connectivity index (χ1n) is 7.57. The molecular formula is C18H20N2O4. The minimum absolute atomic E-state index is 0.137. The zero-order valence-electron chi connectivity index (χ0n) is 14.1. The highest BCUT2D eigenvalue weighted by atomic mass is 16.6. The van der Waals surface area contributed by atoms with Gasteiger partial charge in [0.2, 0.25) is 0 Å². The number of hydrogen-bond donors (Lipinski definition) is 1. The number of hydrogen-bond acceptors (Lipinski definition) is 4. The van der Waals surface area contributed by atoms with Gasteiger partial charge in [0.15, 0.2) is 6.10 Å². The number of nitro groups is 1. The summed E-state index contributed by atoms with van der Waals surface area (Å²) in [5, 5.41) is 13.7. The maximum absolute atomic E-state index is 12.3. The molecule has 6 nitrogen and oxygen atoms in total. The van der Waals surface area contributed by atoms with Gasteiger partial charge in [-0.05, 0) is 56.5 Å². The maximum atomic E-state index is 12.3. The summed E-state index contributed by atoms with van der Waals surface area (Å²) in [6.45, 7) is 7.19. The summed E-state index contributed by atoms with van der Waals surface area (Å²) in [6.07, 6.45) is -0.786. The smallest absolute Gasteiger partial charge is 0.293 e. The van der Waals surface area contributed by atoms with Crippen LogP contribution in [0.1, 0.15) is 23.6 Å². The Hall–Kier alpha value is -2.89. The highest BCUT2D eigenvalue weighted by Crippen LogP contribution is 2.26. The molecule has 0 heterocycles. The Balaban J connectivity index is 2.15. The minimum Gasteiger partial charge on any atom is -0.481 e. The van der Waals surface area contributed by atoms with Gasteiger partial charge in [0.05, 0.1) is 4.92 Å². The topological polar surface area (TPSA) is 81.5 Å². The van der Waals surface area contributed by atoms with Crippen LogP contribution in [0.2, 0.25) is 0 Å². The fourth-order valence-electron chi connectivity index (χ4n) is 2.21. The minimum atomic E-state index is -0.786. The quantitative estimate of drug-likeness (QED) is 0.666. The molecule has 0 radical (unpaired) electrons. The second kappa shape index (κ2) is 7.12. The van der Waals surface area contributed by atoms with Crippen LogP contribution in [0.25, 0.3) is 0 Å². The molecule has 1 unspecified atom stereocenters. The molecule has 0 aliphatic heterocycles. The second-order valence-corrected chi connectivity index (χ2v) is 5.80. The fourth-order valence-corrected chi connectivity index (χ4v) is 2.21. The van der Waals surface area contributed by atoms with Gasteiger partial charge in [0, 0.05) is 6.07 Å². The number of carbonyl (C=O) groups is 1.